The highest BCUT2D eigenvalue weighted by Gasteiger charge is 2.38. The van der Waals surface area contributed by atoms with Crippen molar-refractivity contribution in [2.75, 3.05) is 13.1 Å². The minimum Gasteiger partial charge on any atom is -0.480 e. The van der Waals surface area contributed by atoms with E-state index in [1.165, 1.54) is 11.8 Å². The molecule has 0 radical (unpaired) electrons. The molecule has 4 unspecified atom stereocenters. The highest BCUT2D eigenvalue weighted by atomic mass is 16.4. The minimum atomic E-state index is -1.20. The van der Waals surface area contributed by atoms with E-state index in [2.05, 4.69) is 10.6 Å². The zero-order chi connectivity index (χ0) is 22.3. The van der Waals surface area contributed by atoms with Gasteiger partial charge in [0.1, 0.15) is 24.7 Å². The van der Waals surface area contributed by atoms with Gasteiger partial charge in [-0.2, -0.15) is 0 Å². The van der Waals surface area contributed by atoms with Crippen LogP contribution in [0.2, 0.25) is 0 Å². The van der Waals surface area contributed by atoms with Gasteiger partial charge in [-0.3, -0.25) is 19.2 Å². The normalized spacial score (nSPS) is 18.9. The molecule has 1 fully saturated rings. The number of aliphatic hydroxyl groups is 1. The van der Waals surface area contributed by atoms with E-state index in [4.69, 9.17) is 10.8 Å². The van der Waals surface area contributed by atoms with Crippen molar-refractivity contribution in [1.29, 1.82) is 0 Å². The summed E-state index contributed by atoms with van der Waals surface area (Å²) in [6.07, 6.45) is 0.0588. The first kappa shape index (κ1) is 23.3. The van der Waals surface area contributed by atoms with E-state index in [0.717, 1.165) is 5.56 Å². The van der Waals surface area contributed by atoms with Gasteiger partial charge >= 0.3 is 5.97 Å². The Morgan fingerprint density at radius 1 is 1.23 bits per heavy atom. The van der Waals surface area contributed by atoms with E-state index in [0.29, 0.717) is 19.4 Å². The second-order valence-electron chi connectivity index (χ2n) is 7.32. The fourth-order valence-corrected chi connectivity index (χ4v) is 3.32. The first-order valence-corrected chi connectivity index (χ1v) is 9.78. The zero-order valence-electron chi connectivity index (χ0n) is 16.8. The number of benzene rings is 1. The second-order valence-corrected chi connectivity index (χ2v) is 7.32. The van der Waals surface area contributed by atoms with Crippen molar-refractivity contribution in [2.24, 2.45) is 5.73 Å². The molecule has 0 saturated carbocycles. The molecule has 10 nitrogen and oxygen atoms in total. The van der Waals surface area contributed by atoms with E-state index >= 15 is 0 Å². The summed E-state index contributed by atoms with van der Waals surface area (Å²) in [7, 11) is 0. The Kier molecular flexibility index (Phi) is 8.31. The van der Waals surface area contributed by atoms with Crippen LogP contribution in [0.25, 0.3) is 0 Å². The quantitative estimate of drug-likeness (QED) is 0.329. The van der Waals surface area contributed by atoms with Gasteiger partial charge in [0.25, 0.3) is 0 Å². The number of carbonyl (C=O) groups is 4. The van der Waals surface area contributed by atoms with Gasteiger partial charge in [-0.05, 0) is 25.3 Å². The van der Waals surface area contributed by atoms with E-state index < -0.39 is 54.5 Å². The van der Waals surface area contributed by atoms with E-state index in [1.54, 1.807) is 12.1 Å². The monoisotopic (exact) mass is 420 g/mol. The smallest absolute Gasteiger partial charge is 0.322 e. The lowest BCUT2D eigenvalue weighted by atomic mass is 10.0. The predicted molar refractivity (Wildman–Crippen MR) is 107 cm³/mol. The Morgan fingerprint density at radius 2 is 1.90 bits per heavy atom. The predicted octanol–water partition coefficient (Wildman–Crippen LogP) is -1.39. The summed E-state index contributed by atoms with van der Waals surface area (Å²) in [6, 6.07) is 6.05. The van der Waals surface area contributed by atoms with Crippen LogP contribution in [0.1, 0.15) is 25.3 Å². The van der Waals surface area contributed by atoms with Crippen LogP contribution in [0.3, 0.4) is 0 Å². The van der Waals surface area contributed by atoms with E-state index in [9.17, 15) is 24.3 Å². The molecule has 1 aromatic carbocycles. The minimum absolute atomic E-state index is 0.178. The second kappa shape index (κ2) is 10.7. The highest BCUT2D eigenvalue weighted by molar-refractivity contribution is 5.94. The standard InChI is InChI=1S/C20H28N4O6/c1-12(25)17(21)19(29)23-14(10-13-6-3-2-4-7-13)20(30)24-9-5-8-15(24)18(28)22-11-16(26)27/h2-4,6-7,12,14-15,17,25H,5,8-11,21H2,1H3,(H,22,28)(H,23,29)(H,26,27). The Morgan fingerprint density at radius 3 is 2.50 bits per heavy atom. The van der Waals surface area contributed by atoms with E-state index in [-0.39, 0.29) is 6.42 Å². The number of nitrogens with one attached hydrogen (secondary N) is 2. The maximum atomic E-state index is 13.2. The highest BCUT2D eigenvalue weighted by Crippen LogP contribution is 2.20. The summed E-state index contributed by atoms with van der Waals surface area (Å²) in [6.45, 7) is 1.15. The molecule has 0 aromatic heterocycles. The summed E-state index contributed by atoms with van der Waals surface area (Å²) in [5.41, 5.74) is 6.49. The number of amides is 3. The number of likely N-dealkylation sites (tertiary alicyclic amines) is 1. The molecule has 1 heterocycles. The number of hydrogen-bond acceptors (Lipinski definition) is 6. The summed E-state index contributed by atoms with van der Waals surface area (Å²) >= 11 is 0. The molecule has 0 spiro atoms. The lowest BCUT2D eigenvalue weighted by Crippen LogP contribution is -2.57. The molecular weight excluding hydrogens is 392 g/mol. The number of carbonyl (C=O) groups excluding carboxylic acids is 3. The van der Waals surface area contributed by atoms with Crippen molar-refractivity contribution >= 4 is 23.7 Å². The van der Waals surface area contributed by atoms with Crippen LogP contribution in [-0.4, -0.2) is 76.1 Å². The maximum Gasteiger partial charge on any atom is 0.322 e. The molecule has 4 atom stereocenters. The summed E-state index contributed by atoms with van der Waals surface area (Å²) in [4.78, 5) is 50.1. The lowest BCUT2D eigenvalue weighted by molar-refractivity contribution is -0.143. The van der Waals surface area contributed by atoms with Crippen molar-refractivity contribution in [3.63, 3.8) is 0 Å². The molecule has 0 bridgehead atoms. The topological polar surface area (TPSA) is 162 Å². The lowest BCUT2D eigenvalue weighted by Gasteiger charge is -2.29. The number of carboxylic acids is 1. The van der Waals surface area contributed by atoms with Crippen LogP contribution in [0.4, 0.5) is 0 Å². The van der Waals surface area contributed by atoms with Gasteiger partial charge in [0.2, 0.25) is 17.7 Å². The summed E-state index contributed by atoms with van der Waals surface area (Å²) in [5.74, 6) is -2.86. The van der Waals surface area contributed by atoms with Crippen LogP contribution < -0.4 is 16.4 Å². The maximum absolute atomic E-state index is 13.2. The number of nitrogens with two attached hydrogens (primary N) is 1. The first-order valence-electron chi connectivity index (χ1n) is 9.78. The molecular formula is C20H28N4O6. The van der Waals surface area contributed by atoms with Crippen LogP contribution in [0, 0.1) is 0 Å². The molecule has 2 rings (SSSR count). The molecule has 1 aliphatic heterocycles. The largest absolute Gasteiger partial charge is 0.480 e. The number of aliphatic carboxylic acids is 1. The van der Waals surface area contributed by atoms with Crippen molar-refractivity contribution < 1.29 is 29.4 Å². The van der Waals surface area contributed by atoms with Crippen molar-refractivity contribution in [2.45, 2.75) is 50.4 Å². The average molecular weight is 420 g/mol. The Bertz CT molecular complexity index is 770. The molecule has 1 aromatic rings. The molecule has 1 aliphatic rings. The van der Waals surface area contributed by atoms with Crippen LogP contribution >= 0.6 is 0 Å². The fourth-order valence-electron chi connectivity index (χ4n) is 3.32. The summed E-state index contributed by atoms with van der Waals surface area (Å²) in [5, 5.41) is 23.2. The molecule has 164 valence electrons. The number of carboxylic acid groups (broad SMARTS) is 1. The molecule has 0 aliphatic carbocycles. The zero-order valence-corrected chi connectivity index (χ0v) is 16.8. The number of hydrogen-bond donors (Lipinski definition) is 5. The van der Waals surface area contributed by atoms with Crippen LogP contribution in [0.15, 0.2) is 30.3 Å². The van der Waals surface area contributed by atoms with Crippen LogP contribution in [0.5, 0.6) is 0 Å². The summed E-state index contributed by atoms with van der Waals surface area (Å²) < 4.78 is 0. The van der Waals surface area contributed by atoms with Crippen molar-refractivity contribution in [3.8, 4) is 0 Å². The molecule has 10 heteroatoms. The number of nitrogens with zero attached hydrogens (tertiary/aromatic N) is 1. The third kappa shape index (κ3) is 6.26. The molecule has 6 N–H and O–H groups in total. The van der Waals surface area contributed by atoms with Gasteiger partial charge in [-0.15, -0.1) is 0 Å². The molecule has 3 amide bonds. The SMILES string of the molecule is CC(O)C(N)C(=O)NC(Cc1ccccc1)C(=O)N1CCCC1C(=O)NCC(=O)O. The Hall–Kier alpha value is -2.98. The molecule has 1 saturated heterocycles. The van der Waals surface area contributed by atoms with Gasteiger partial charge in [0, 0.05) is 13.0 Å². The van der Waals surface area contributed by atoms with Crippen LogP contribution in [-0.2, 0) is 25.6 Å². The number of aliphatic hydroxyl groups excluding tert-OH is 1. The van der Waals surface area contributed by atoms with Gasteiger partial charge < -0.3 is 31.5 Å². The average Bonchev–Trinajstić information content (AvgIpc) is 3.20. The number of rotatable bonds is 9. The van der Waals surface area contributed by atoms with Crippen molar-refractivity contribution in [3.05, 3.63) is 35.9 Å². The Labute approximate surface area is 174 Å². The van der Waals surface area contributed by atoms with Gasteiger partial charge in [-0.1, -0.05) is 30.3 Å². The van der Waals surface area contributed by atoms with Crippen molar-refractivity contribution in [1.82, 2.24) is 15.5 Å². The first-order chi connectivity index (χ1) is 14.2. The van der Waals surface area contributed by atoms with Gasteiger partial charge in [0.15, 0.2) is 0 Å². The van der Waals surface area contributed by atoms with Gasteiger partial charge in [0.05, 0.1) is 6.10 Å². The molecule has 30 heavy (non-hydrogen) atoms. The Balaban J connectivity index is 2.18. The van der Waals surface area contributed by atoms with E-state index in [1.807, 2.05) is 18.2 Å². The third-order valence-electron chi connectivity index (χ3n) is 4.97. The third-order valence-corrected chi connectivity index (χ3v) is 4.97. The fraction of sp³-hybridized carbons (Fsp3) is 0.500. The van der Waals surface area contributed by atoms with Gasteiger partial charge in [-0.25, -0.2) is 0 Å².